The molecule has 2 rings (SSSR count). The highest BCUT2D eigenvalue weighted by molar-refractivity contribution is 6.36. The summed E-state index contributed by atoms with van der Waals surface area (Å²) < 4.78 is 0. The van der Waals surface area contributed by atoms with Gasteiger partial charge in [0.05, 0.1) is 11.1 Å². The van der Waals surface area contributed by atoms with Gasteiger partial charge in [-0.1, -0.05) is 29.3 Å². The number of aromatic carboxylic acids is 2. The third-order valence-corrected chi connectivity index (χ3v) is 3.49. The van der Waals surface area contributed by atoms with Crippen LogP contribution in [-0.2, 0) is 0 Å². The maximum Gasteiger partial charge on any atom is 0.336 e. The first-order valence-corrected chi connectivity index (χ1v) is 6.63. The number of carboxylic acids is 2. The summed E-state index contributed by atoms with van der Waals surface area (Å²) in [6.45, 7) is 1.63. The molecule has 0 amide bonds. The van der Waals surface area contributed by atoms with E-state index in [0.717, 1.165) is 0 Å². The second-order valence-corrected chi connectivity index (χ2v) is 5.31. The molecule has 2 aromatic rings. The largest absolute Gasteiger partial charge is 0.478 e. The van der Waals surface area contributed by atoms with Gasteiger partial charge in [0.15, 0.2) is 0 Å². The fourth-order valence-electron chi connectivity index (χ4n) is 2.11. The van der Waals surface area contributed by atoms with Crippen molar-refractivity contribution >= 4 is 35.1 Å². The molecule has 2 N–H and O–H groups in total. The van der Waals surface area contributed by atoms with Gasteiger partial charge in [0, 0.05) is 21.2 Å². The molecule has 0 spiro atoms. The summed E-state index contributed by atoms with van der Waals surface area (Å²) >= 11 is 11.9. The molecule has 0 radical (unpaired) electrons. The normalized spacial score (nSPS) is 10.4. The second-order valence-electron chi connectivity index (χ2n) is 4.47. The quantitative estimate of drug-likeness (QED) is 0.879. The summed E-state index contributed by atoms with van der Waals surface area (Å²) in [5.41, 5.74) is 0.699. The van der Waals surface area contributed by atoms with Crippen LogP contribution in [0, 0.1) is 6.92 Å². The van der Waals surface area contributed by atoms with Crippen LogP contribution in [0.2, 0.25) is 10.0 Å². The first kappa shape index (κ1) is 15.4. The van der Waals surface area contributed by atoms with Crippen molar-refractivity contribution in [3.63, 3.8) is 0 Å². The van der Waals surface area contributed by atoms with Crippen molar-refractivity contribution in [1.82, 2.24) is 0 Å². The van der Waals surface area contributed by atoms with Crippen LogP contribution in [0.1, 0.15) is 26.3 Å². The first-order valence-electron chi connectivity index (χ1n) is 5.88. The standard InChI is InChI=1S/C15H10Cl2O4/c1-7-4-10(14(18)19)13(11(5-7)15(20)21)9-3-2-8(16)6-12(9)17/h2-6H,1H3,(H,18,19)(H,20,21). The zero-order valence-corrected chi connectivity index (χ0v) is 12.4. The lowest BCUT2D eigenvalue weighted by Gasteiger charge is -2.13. The van der Waals surface area contributed by atoms with Gasteiger partial charge in [0.1, 0.15) is 0 Å². The molecular formula is C15H10Cl2O4. The molecule has 0 aliphatic rings. The monoisotopic (exact) mass is 324 g/mol. The maximum atomic E-state index is 11.4. The lowest BCUT2D eigenvalue weighted by molar-refractivity contribution is 0.0696. The summed E-state index contributed by atoms with van der Waals surface area (Å²) in [4.78, 5) is 22.9. The Morgan fingerprint density at radius 1 is 0.952 bits per heavy atom. The third-order valence-electron chi connectivity index (χ3n) is 2.94. The Labute approximate surface area is 130 Å². The van der Waals surface area contributed by atoms with E-state index in [0.29, 0.717) is 16.1 Å². The number of aryl methyl sites for hydroxylation is 1. The van der Waals surface area contributed by atoms with Crippen LogP contribution in [0.5, 0.6) is 0 Å². The maximum absolute atomic E-state index is 11.4. The first-order chi connectivity index (χ1) is 9.81. The van der Waals surface area contributed by atoms with E-state index in [1.165, 1.54) is 30.3 Å². The number of halogens is 2. The average molecular weight is 325 g/mol. The van der Waals surface area contributed by atoms with Crippen LogP contribution in [0.4, 0.5) is 0 Å². The summed E-state index contributed by atoms with van der Waals surface area (Å²) in [6.07, 6.45) is 0. The van der Waals surface area contributed by atoms with E-state index in [2.05, 4.69) is 0 Å². The Kier molecular flexibility index (Phi) is 4.21. The summed E-state index contributed by atoms with van der Waals surface area (Å²) in [5, 5.41) is 19.3. The Hall–Kier alpha value is -2.04. The Balaban J connectivity index is 2.88. The molecule has 21 heavy (non-hydrogen) atoms. The summed E-state index contributed by atoms with van der Waals surface area (Å²) in [6, 6.07) is 7.30. The predicted octanol–water partition coefficient (Wildman–Crippen LogP) is 4.37. The number of rotatable bonds is 3. The molecule has 0 aliphatic heterocycles. The van der Waals surface area contributed by atoms with E-state index in [9.17, 15) is 19.8 Å². The van der Waals surface area contributed by atoms with Crippen molar-refractivity contribution in [2.45, 2.75) is 6.92 Å². The zero-order valence-electron chi connectivity index (χ0n) is 10.9. The molecule has 2 aromatic carbocycles. The Bertz CT molecular complexity index is 718. The second kappa shape index (κ2) is 5.76. The van der Waals surface area contributed by atoms with Crippen molar-refractivity contribution < 1.29 is 19.8 Å². The molecule has 4 nitrogen and oxygen atoms in total. The van der Waals surface area contributed by atoms with Gasteiger partial charge in [-0.2, -0.15) is 0 Å². The van der Waals surface area contributed by atoms with Crippen molar-refractivity contribution in [2.75, 3.05) is 0 Å². The van der Waals surface area contributed by atoms with E-state index in [-0.39, 0.29) is 21.7 Å². The molecule has 0 saturated heterocycles. The van der Waals surface area contributed by atoms with Crippen LogP contribution in [0.25, 0.3) is 11.1 Å². The smallest absolute Gasteiger partial charge is 0.336 e. The minimum atomic E-state index is -1.22. The third kappa shape index (κ3) is 3.01. The molecule has 0 aliphatic carbocycles. The molecule has 0 unspecified atom stereocenters. The van der Waals surface area contributed by atoms with Crippen LogP contribution < -0.4 is 0 Å². The zero-order chi connectivity index (χ0) is 15.7. The molecule has 6 heteroatoms. The van der Waals surface area contributed by atoms with Crippen LogP contribution >= 0.6 is 23.2 Å². The molecular weight excluding hydrogens is 315 g/mol. The van der Waals surface area contributed by atoms with Gasteiger partial charge in [-0.15, -0.1) is 0 Å². The molecule has 0 atom stereocenters. The van der Waals surface area contributed by atoms with E-state index >= 15 is 0 Å². The van der Waals surface area contributed by atoms with Crippen LogP contribution in [0.3, 0.4) is 0 Å². The van der Waals surface area contributed by atoms with Crippen molar-refractivity contribution in [3.8, 4) is 11.1 Å². The number of carboxylic acid groups (broad SMARTS) is 2. The number of hydrogen-bond donors (Lipinski definition) is 2. The van der Waals surface area contributed by atoms with Gasteiger partial charge in [0.2, 0.25) is 0 Å². The fraction of sp³-hybridized carbons (Fsp3) is 0.0667. The van der Waals surface area contributed by atoms with Crippen molar-refractivity contribution in [2.24, 2.45) is 0 Å². The molecule has 0 saturated carbocycles. The lowest BCUT2D eigenvalue weighted by Crippen LogP contribution is -2.08. The van der Waals surface area contributed by atoms with Gasteiger partial charge in [-0.3, -0.25) is 0 Å². The van der Waals surface area contributed by atoms with Gasteiger partial charge in [-0.05, 0) is 36.8 Å². The number of hydrogen-bond acceptors (Lipinski definition) is 2. The SMILES string of the molecule is Cc1cc(C(=O)O)c(-c2ccc(Cl)cc2Cl)c(C(=O)O)c1. The summed E-state index contributed by atoms with van der Waals surface area (Å²) in [7, 11) is 0. The summed E-state index contributed by atoms with van der Waals surface area (Å²) in [5.74, 6) is -2.44. The highest BCUT2D eigenvalue weighted by Gasteiger charge is 2.22. The van der Waals surface area contributed by atoms with Crippen LogP contribution in [0.15, 0.2) is 30.3 Å². The Morgan fingerprint density at radius 3 is 1.90 bits per heavy atom. The van der Waals surface area contributed by atoms with E-state index in [4.69, 9.17) is 23.2 Å². The lowest BCUT2D eigenvalue weighted by atomic mass is 9.92. The van der Waals surface area contributed by atoms with Gasteiger partial charge >= 0.3 is 11.9 Å². The van der Waals surface area contributed by atoms with E-state index in [1.54, 1.807) is 6.92 Å². The van der Waals surface area contributed by atoms with Crippen LogP contribution in [-0.4, -0.2) is 22.2 Å². The van der Waals surface area contributed by atoms with Gasteiger partial charge < -0.3 is 10.2 Å². The van der Waals surface area contributed by atoms with E-state index in [1.807, 2.05) is 0 Å². The predicted molar refractivity (Wildman–Crippen MR) is 80.6 cm³/mol. The number of carbonyl (C=O) groups is 2. The highest BCUT2D eigenvalue weighted by Crippen LogP contribution is 2.35. The minimum Gasteiger partial charge on any atom is -0.478 e. The average Bonchev–Trinajstić information content (AvgIpc) is 2.38. The topological polar surface area (TPSA) is 74.6 Å². The molecule has 108 valence electrons. The Morgan fingerprint density at radius 2 is 1.48 bits per heavy atom. The van der Waals surface area contributed by atoms with E-state index < -0.39 is 11.9 Å². The van der Waals surface area contributed by atoms with Gasteiger partial charge in [0.25, 0.3) is 0 Å². The molecule has 0 aromatic heterocycles. The number of benzene rings is 2. The molecule has 0 heterocycles. The van der Waals surface area contributed by atoms with Gasteiger partial charge in [-0.25, -0.2) is 9.59 Å². The minimum absolute atomic E-state index is 0.0715. The highest BCUT2D eigenvalue weighted by atomic mass is 35.5. The van der Waals surface area contributed by atoms with Crippen molar-refractivity contribution in [3.05, 3.63) is 57.1 Å². The fourth-order valence-corrected chi connectivity index (χ4v) is 2.61. The molecule has 0 bridgehead atoms. The van der Waals surface area contributed by atoms with Crippen molar-refractivity contribution in [1.29, 1.82) is 0 Å². The molecule has 0 fully saturated rings.